The van der Waals surface area contributed by atoms with E-state index in [0.717, 1.165) is 12.1 Å². The van der Waals surface area contributed by atoms with Crippen molar-refractivity contribution in [3.8, 4) is 0 Å². The lowest BCUT2D eigenvalue weighted by Crippen LogP contribution is -2.03. The molecule has 0 spiro atoms. The molecule has 78 valence electrons. The number of imidazole rings is 1. The van der Waals surface area contributed by atoms with Gasteiger partial charge in [-0.15, -0.1) is 0 Å². The molecule has 1 aliphatic rings. The van der Waals surface area contributed by atoms with Crippen molar-refractivity contribution in [2.45, 2.75) is 32.6 Å². The largest absolute Gasteiger partial charge is 0.303 e. The van der Waals surface area contributed by atoms with Gasteiger partial charge in [0, 0.05) is 16.4 Å². The summed E-state index contributed by atoms with van der Waals surface area (Å²) in [7, 11) is 0. The monoisotopic (exact) mass is 264 g/mol. The molecule has 2 aromatic heterocycles. The minimum atomic E-state index is 1.10. The van der Waals surface area contributed by atoms with Crippen molar-refractivity contribution in [3.63, 3.8) is 0 Å². The van der Waals surface area contributed by atoms with Crippen molar-refractivity contribution in [1.29, 1.82) is 0 Å². The summed E-state index contributed by atoms with van der Waals surface area (Å²) < 4.78 is 3.41. The van der Waals surface area contributed by atoms with Crippen LogP contribution in [0, 0.1) is 6.92 Å². The third-order valence-electron chi connectivity index (χ3n) is 3.16. The lowest BCUT2D eigenvalue weighted by Gasteiger charge is -2.10. The molecule has 0 fully saturated rings. The zero-order chi connectivity index (χ0) is 10.4. The molecule has 0 aliphatic heterocycles. The molecule has 2 aromatic rings. The van der Waals surface area contributed by atoms with Gasteiger partial charge in [0.2, 0.25) is 0 Å². The average molecular weight is 265 g/mol. The molecule has 0 saturated carbocycles. The SMILES string of the molecule is Cc1cc2nc3c(n2cc1Br)CCCC3. The Hall–Kier alpha value is -0.830. The summed E-state index contributed by atoms with van der Waals surface area (Å²) >= 11 is 3.58. The van der Waals surface area contributed by atoms with Crippen LogP contribution in [0.1, 0.15) is 29.8 Å². The Morgan fingerprint density at radius 3 is 3.00 bits per heavy atom. The normalized spacial score (nSPS) is 15.6. The highest BCUT2D eigenvalue weighted by atomic mass is 79.9. The third-order valence-corrected chi connectivity index (χ3v) is 3.99. The number of halogens is 1. The van der Waals surface area contributed by atoms with Gasteiger partial charge in [-0.25, -0.2) is 4.98 Å². The van der Waals surface area contributed by atoms with E-state index in [1.807, 2.05) is 0 Å². The number of aromatic nitrogens is 2. The topological polar surface area (TPSA) is 17.3 Å². The highest BCUT2D eigenvalue weighted by Crippen LogP contribution is 2.25. The van der Waals surface area contributed by atoms with Gasteiger partial charge in [-0.3, -0.25) is 0 Å². The van der Waals surface area contributed by atoms with E-state index < -0.39 is 0 Å². The molecule has 0 unspecified atom stereocenters. The Labute approximate surface area is 97.5 Å². The predicted octanol–water partition coefficient (Wildman–Crippen LogP) is 3.28. The summed E-state index contributed by atoms with van der Waals surface area (Å²) in [5.74, 6) is 0. The smallest absolute Gasteiger partial charge is 0.137 e. The molecule has 0 saturated heterocycles. The van der Waals surface area contributed by atoms with Gasteiger partial charge in [-0.2, -0.15) is 0 Å². The molecule has 0 radical (unpaired) electrons. The second kappa shape index (κ2) is 3.34. The van der Waals surface area contributed by atoms with Gasteiger partial charge in [-0.05, 0) is 60.2 Å². The van der Waals surface area contributed by atoms with Crippen LogP contribution < -0.4 is 0 Å². The molecule has 2 heterocycles. The summed E-state index contributed by atoms with van der Waals surface area (Å²) in [6.45, 7) is 2.11. The number of hydrogen-bond donors (Lipinski definition) is 0. The summed E-state index contributed by atoms with van der Waals surface area (Å²) in [6.07, 6.45) is 7.06. The molecule has 1 aliphatic carbocycles. The Bertz CT molecular complexity index is 528. The van der Waals surface area contributed by atoms with Crippen LogP contribution in [-0.2, 0) is 12.8 Å². The van der Waals surface area contributed by atoms with Crippen LogP contribution in [0.25, 0.3) is 5.65 Å². The van der Waals surface area contributed by atoms with Gasteiger partial charge in [0.25, 0.3) is 0 Å². The number of fused-ring (bicyclic) bond motifs is 3. The lowest BCUT2D eigenvalue weighted by atomic mass is 10.0. The van der Waals surface area contributed by atoms with E-state index in [4.69, 9.17) is 4.98 Å². The van der Waals surface area contributed by atoms with Crippen LogP contribution in [-0.4, -0.2) is 9.38 Å². The first-order valence-corrected chi connectivity index (χ1v) is 6.21. The third kappa shape index (κ3) is 1.41. The van der Waals surface area contributed by atoms with Gasteiger partial charge in [0.15, 0.2) is 0 Å². The molecular weight excluding hydrogens is 252 g/mol. The Kier molecular flexibility index (Phi) is 2.09. The van der Waals surface area contributed by atoms with E-state index in [-0.39, 0.29) is 0 Å². The first-order chi connectivity index (χ1) is 7.25. The van der Waals surface area contributed by atoms with Crippen molar-refractivity contribution in [1.82, 2.24) is 9.38 Å². The van der Waals surface area contributed by atoms with Crippen LogP contribution >= 0.6 is 15.9 Å². The number of hydrogen-bond acceptors (Lipinski definition) is 1. The molecule has 0 aromatic carbocycles. The highest BCUT2D eigenvalue weighted by molar-refractivity contribution is 9.10. The molecule has 3 heteroatoms. The fourth-order valence-corrected chi connectivity index (χ4v) is 2.63. The van der Waals surface area contributed by atoms with Crippen LogP contribution in [0.3, 0.4) is 0 Å². The summed E-state index contributed by atoms with van der Waals surface area (Å²) in [4.78, 5) is 4.70. The van der Waals surface area contributed by atoms with Crippen LogP contribution in [0.2, 0.25) is 0 Å². The van der Waals surface area contributed by atoms with Crippen molar-refractivity contribution in [3.05, 3.63) is 33.7 Å². The second-order valence-corrected chi connectivity index (χ2v) is 5.10. The van der Waals surface area contributed by atoms with Gasteiger partial charge in [0.05, 0.1) is 5.69 Å². The fraction of sp³-hybridized carbons (Fsp3) is 0.417. The second-order valence-electron chi connectivity index (χ2n) is 4.24. The summed E-state index contributed by atoms with van der Waals surface area (Å²) in [6, 6.07) is 2.16. The van der Waals surface area contributed by atoms with Crippen LogP contribution in [0.15, 0.2) is 16.7 Å². The number of pyridine rings is 1. The quantitative estimate of drug-likeness (QED) is 0.714. The van der Waals surface area contributed by atoms with Crippen LogP contribution in [0.4, 0.5) is 0 Å². The van der Waals surface area contributed by atoms with E-state index in [9.17, 15) is 0 Å². The highest BCUT2D eigenvalue weighted by Gasteiger charge is 2.16. The summed E-state index contributed by atoms with van der Waals surface area (Å²) in [5, 5.41) is 0. The Morgan fingerprint density at radius 1 is 1.33 bits per heavy atom. The van der Waals surface area contributed by atoms with E-state index in [0.29, 0.717) is 0 Å². The molecule has 3 rings (SSSR count). The number of rotatable bonds is 0. The van der Waals surface area contributed by atoms with Gasteiger partial charge < -0.3 is 4.40 Å². The molecule has 0 N–H and O–H groups in total. The Morgan fingerprint density at radius 2 is 2.13 bits per heavy atom. The fourth-order valence-electron chi connectivity index (χ4n) is 2.31. The van der Waals surface area contributed by atoms with Crippen molar-refractivity contribution in [2.24, 2.45) is 0 Å². The molecule has 15 heavy (non-hydrogen) atoms. The molecular formula is C12H13BrN2. The van der Waals surface area contributed by atoms with E-state index >= 15 is 0 Å². The summed E-state index contributed by atoms with van der Waals surface area (Å²) in [5.41, 5.74) is 5.07. The zero-order valence-electron chi connectivity index (χ0n) is 8.76. The van der Waals surface area contributed by atoms with Gasteiger partial charge in [-0.1, -0.05) is 0 Å². The van der Waals surface area contributed by atoms with E-state index in [2.05, 4.69) is 39.5 Å². The van der Waals surface area contributed by atoms with Gasteiger partial charge >= 0.3 is 0 Å². The maximum atomic E-state index is 4.70. The van der Waals surface area contributed by atoms with E-state index in [1.165, 1.54) is 40.7 Å². The lowest BCUT2D eigenvalue weighted by molar-refractivity contribution is 0.660. The maximum absolute atomic E-state index is 4.70. The maximum Gasteiger partial charge on any atom is 0.137 e. The minimum absolute atomic E-state index is 1.10. The molecule has 0 amide bonds. The standard InChI is InChI=1S/C12H13BrN2/c1-8-6-12-14-10-4-2-3-5-11(10)15(12)7-9(8)13/h6-7H,2-5H2,1H3. The van der Waals surface area contributed by atoms with E-state index in [1.54, 1.807) is 0 Å². The number of aryl methyl sites for hydroxylation is 3. The molecule has 0 bridgehead atoms. The zero-order valence-corrected chi connectivity index (χ0v) is 10.3. The minimum Gasteiger partial charge on any atom is -0.303 e. The number of nitrogens with zero attached hydrogens (tertiary/aromatic N) is 2. The van der Waals surface area contributed by atoms with Crippen molar-refractivity contribution >= 4 is 21.6 Å². The molecule has 0 atom stereocenters. The van der Waals surface area contributed by atoms with Crippen molar-refractivity contribution < 1.29 is 0 Å². The van der Waals surface area contributed by atoms with Gasteiger partial charge in [0.1, 0.15) is 5.65 Å². The Balaban J connectivity index is 2.33. The van der Waals surface area contributed by atoms with Crippen LogP contribution in [0.5, 0.6) is 0 Å². The van der Waals surface area contributed by atoms with Crippen molar-refractivity contribution in [2.75, 3.05) is 0 Å². The predicted molar refractivity (Wildman–Crippen MR) is 64.3 cm³/mol. The average Bonchev–Trinajstić information content (AvgIpc) is 2.57. The molecule has 2 nitrogen and oxygen atoms in total. The first-order valence-electron chi connectivity index (χ1n) is 5.41. The first kappa shape index (κ1) is 9.40.